The van der Waals surface area contributed by atoms with Gasteiger partial charge in [0.15, 0.2) is 0 Å². The van der Waals surface area contributed by atoms with Gasteiger partial charge < -0.3 is 5.32 Å². The molecular weight excluding hydrogens is 391 g/mol. The fraction of sp³-hybridized carbons (Fsp3) is 0.409. The Morgan fingerprint density at radius 1 is 1.14 bits per heavy atom. The molecule has 1 N–H and O–H groups in total. The summed E-state index contributed by atoms with van der Waals surface area (Å²) in [5.74, 6) is -0.658. The average Bonchev–Trinajstić information content (AvgIpc) is 2.74. The van der Waals surface area contributed by atoms with Crippen molar-refractivity contribution >= 4 is 21.6 Å². The second kappa shape index (κ2) is 9.05. The Hall–Kier alpha value is -2.25. The molecule has 1 aliphatic heterocycles. The SMILES string of the molecule is CCC(C)c1ccc(NC(=O)C2CCN(S(=O)(=O)c3ccccc3F)CC2)cc1. The van der Waals surface area contributed by atoms with Gasteiger partial charge in [0.05, 0.1) is 0 Å². The van der Waals surface area contributed by atoms with Gasteiger partial charge in [0.1, 0.15) is 10.7 Å². The summed E-state index contributed by atoms with van der Waals surface area (Å²) < 4.78 is 40.5. The number of rotatable bonds is 6. The third-order valence-electron chi connectivity index (χ3n) is 5.64. The summed E-state index contributed by atoms with van der Waals surface area (Å²) in [6.07, 6.45) is 1.87. The zero-order valence-electron chi connectivity index (χ0n) is 16.8. The van der Waals surface area contributed by atoms with E-state index in [0.717, 1.165) is 18.2 Å². The van der Waals surface area contributed by atoms with Gasteiger partial charge in [0, 0.05) is 24.7 Å². The van der Waals surface area contributed by atoms with Gasteiger partial charge in [-0.25, -0.2) is 12.8 Å². The lowest BCUT2D eigenvalue weighted by Crippen LogP contribution is -2.41. The second-order valence-electron chi connectivity index (χ2n) is 7.53. The Kier molecular flexibility index (Phi) is 6.70. The van der Waals surface area contributed by atoms with E-state index >= 15 is 0 Å². The van der Waals surface area contributed by atoms with Crippen LogP contribution in [-0.2, 0) is 14.8 Å². The number of anilines is 1. The molecule has 1 amide bonds. The highest BCUT2D eigenvalue weighted by atomic mass is 32.2. The number of halogens is 1. The van der Waals surface area contributed by atoms with Gasteiger partial charge in [-0.3, -0.25) is 4.79 Å². The first-order valence-electron chi connectivity index (χ1n) is 9.98. The molecule has 2 aromatic rings. The fourth-order valence-electron chi connectivity index (χ4n) is 3.53. The molecule has 0 spiro atoms. The lowest BCUT2D eigenvalue weighted by Gasteiger charge is -2.30. The van der Waals surface area contributed by atoms with Gasteiger partial charge in [-0.1, -0.05) is 38.1 Å². The second-order valence-corrected chi connectivity index (χ2v) is 9.44. The van der Waals surface area contributed by atoms with Crippen molar-refractivity contribution in [3.63, 3.8) is 0 Å². The third-order valence-corrected chi connectivity index (χ3v) is 7.57. The number of amides is 1. The molecule has 1 fully saturated rings. The maximum Gasteiger partial charge on any atom is 0.245 e. The van der Waals surface area contributed by atoms with E-state index in [-0.39, 0.29) is 29.8 Å². The summed E-state index contributed by atoms with van der Waals surface area (Å²) in [4.78, 5) is 12.3. The molecule has 0 radical (unpaired) electrons. The predicted octanol–water partition coefficient (Wildman–Crippen LogP) is 4.38. The van der Waals surface area contributed by atoms with E-state index in [9.17, 15) is 17.6 Å². The van der Waals surface area contributed by atoms with Crippen molar-refractivity contribution in [1.29, 1.82) is 0 Å². The fourth-order valence-corrected chi connectivity index (χ4v) is 5.06. The van der Waals surface area contributed by atoms with Crippen molar-refractivity contribution in [2.45, 2.75) is 43.9 Å². The Balaban J connectivity index is 1.59. The van der Waals surface area contributed by atoms with Crippen molar-refractivity contribution < 1.29 is 17.6 Å². The Morgan fingerprint density at radius 2 is 1.76 bits per heavy atom. The molecule has 1 aliphatic rings. The van der Waals surface area contributed by atoms with Crippen LogP contribution >= 0.6 is 0 Å². The molecule has 1 atom stereocenters. The summed E-state index contributed by atoms with van der Waals surface area (Å²) in [7, 11) is -3.89. The van der Waals surface area contributed by atoms with Crippen LogP contribution in [0.5, 0.6) is 0 Å². The van der Waals surface area contributed by atoms with Gasteiger partial charge in [0.25, 0.3) is 0 Å². The van der Waals surface area contributed by atoms with E-state index in [1.165, 1.54) is 28.1 Å². The number of hydrogen-bond donors (Lipinski definition) is 1. The van der Waals surface area contributed by atoms with Crippen LogP contribution in [0, 0.1) is 11.7 Å². The Bertz CT molecular complexity index is 952. The maximum atomic E-state index is 13.9. The number of hydrogen-bond acceptors (Lipinski definition) is 3. The molecule has 3 rings (SSSR count). The van der Waals surface area contributed by atoms with Gasteiger partial charge in [-0.05, 0) is 55.0 Å². The van der Waals surface area contributed by atoms with Crippen LogP contribution in [0.15, 0.2) is 53.4 Å². The zero-order valence-corrected chi connectivity index (χ0v) is 17.6. The molecule has 0 saturated carbocycles. The monoisotopic (exact) mass is 418 g/mol. The molecule has 1 unspecified atom stereocenters. The summed E-state index contributed by atoms with van der Waals surface area (Å²) >= 11 is 0. The highest BCUT2D eigenvalue weighted by Gasteiger charge is 2.33. The molecular formula is C22H27FN2O3S. The van der Waals surface area contributed by atoms with Crippen LogP contribution < -0.4 is 5.32 Å². The van der Waals surface area contributed by atoms with Gasteiger partial charge in [-0.2, -0.15) is 4.31 Å². The third kappa shape index (κ3) is 4.85. The Labute approximate surface area is 172 Å². The quantitative estimate of drug-likeness (QED) is 0.757. The minimum absolute atomic E-state index is 0.107. The molecule has 0 bridgehead atoms. The predicted molar refractivity (Wildman–Crippen MR) is 112 cm³/mol. The minimum atomic E-state index is -3.89. The van der Waals surface area contributed by atoms with E-state index < -0.39 is 15.8 Å². The largest absolute Gasteiger partial charge is 0.326 e. The molecule has 29 heavy (non-hydrogen) atoms. The van der Waals surface area contributed by atoms with Crippen molar-refractivity contribution in [2.24, 2.45) is 5.92 Å². The van der Waals surface area contributed by atoms with Crippen LogP contribution in [0.2, 0.25) is 0 Å². The van der Waals surface area contributed by atoms with Crippen LogP contribution in [0.25, 0.3) is 0 Å². The molecule has 1 saturated heterocycles. The molecule has 0 aromatic heterocycles. The lowest BCUT2D eigenvalue weighted by atomic mass is 9.96. The highest BCUT2D eigenvalue weighted by molar-refractivity contribution is 7.89. The molecule has 156 valence electrons. The molecule has 5 nitrogen and oxygen atoms in total. The summed E-state index contributed by atoms with van der Waals surface area (Å²) in [5, 5.41) is 2.92. The standard InChI is InChI=1S/C22H27FN2O3S/c1-3-16(2)17-8-10-19(11-9-17)24-22(26)18-12-14-25(15-13-18)29(27,28)21-7-5-4-6-20(21)23/h4-11,16,18H,3,12-15H2,1-2H3,(H,24,26). The highest BCUT2D eigenvalue weighted by Crippen LogP contribution is 2.26. The van der Waals surface area contributed by atoms with E-state index in [2.05, 4.69) is 19.2 Å². The van der Waals surface area contributed by atoms with E-state index in [4.69, 9.17) is 0 Å². The first-order chi connectivity index (χ1) is 13.8. The minimum Gasteiger partial charge on any atom is -0.326 e. The van der Waals surface area contributed by atoms with Gasteiger partial charge in [0.2, 0.25) is 15.9 Å². The molecule has 1 heterocycles. The van der Waals surface area contributed by atoms with E-state index in [1.54, 1.807) is 0 Å². The number of piperidine rings is 1. The lowest BCUT2D eigenvalue weighted by molar-refractivity contribution is -0.120. The molecule has 2 aromatic carbocycles. The summed E-state index contributed by atoms with van der Waals surface area (Å²) in [5.41, 5.74) is 1.97. The van der Waals surface area contributed by atoms with Gasteiger partial charge in [-0.15, -0.1) is 0 Å². The number of carbonyl (C=O) groups is 1. The normalized spacial score (nSPS) is 17.1. The number of nitrogens with zero attached hydrogens (tertiary/aromatic N) is 1. The van der Waals surface area contributed by atoms with Crippen LogP contribution in [0.4, 0.5) is 10.1 Å². The van der Waals surface area contributed by atoms with Crippen molar-refractivity contribution in [3.8, 4) is 0 Å². The average molecular weight is 419 g/mol. The van der Waals surface area contributed by atoms with Crippen LogP contribution in [-0.4, -0.2) is 31.7 Å². The van der Waals surface area contributed by atoms with Crippen molar-refractivity contribution in [2.75, 3.05) is 18.4 Å². The first kappa shape index (κ1) is 21.5. The number of carbonyl (C=O) groups excluding carboxylic acids is 1. The molecule has 0 aliphatic carbocycles. The topological polar surface area (TPSA) is 66.5 Å². The Morgan fingerprint density at radius 3 is 2.34 bits per heavy atom. The van der Waals surface area contributed by atoms with Gasteiger partial charge >= 0.3 is 0 Å². The van der Waals surface area contributed by atoms with Crippen molar-refractivity contribution in [3.05, 3.63) is 59.9 Å². The van der Waals surface area contributed by atoms with E-state index in [0.29, 0.717) is 18.8 Å². The number of sulfonamides is 1. The van der Waals surface area contributed by atoms with E-state index in [1.807, 2.05) is 24.3 Å². The summed E-state index contributed by atoms with van der Waals surface area (Å²) in [6.45, 7) is 4.69. The maximum absolute atomic E-state index is 13.9. The summed E-state index contributed by atoms with van der Waals surface area (Å²) in [6, 6.07) is 13.2. The number of nitrogens with one attached hydrogen (secondary N) is 1. The first-order valence-corrected chi connectivity index (χ1v) is 11.4. The number of benzene rings is 2. The molecule has 7 heteroatoms. The smallest absolute Gasteiger partial charge is 0.245 e. The zero-order chi connectivity index (χ0) is 21.0. The van der Waals surface area contributed by atoms with Crippen LogP contribution in [0.1, 0.15) is 44.6 Å². The van der Waals surface area contributed by atoms with Crippen molar-refractivity contribution in [1.82, 2.24) is 4.31 Å². The van der Waals surface area contributed by atoms with Crippen LogP contribution in [0.3, 0.4) is 0 Å².